The van der Waals surface area contributed by atoms with Gasteiger partial charge in [0, 0.05) is 17.6 Å². The summed E-state index contributed by atoms with van der Waals surface area (Å²) in [6.07, 6.45) is 0.339. The predicted molar refractivity (Wildman–Crippen MR) is 70.7 cm³/mol. The van der Waals surface area contributed by atoms with E-state index in [4.69, 9.17) is 5.26 Å². The van der Waals surface area contributed by atoms with Crippen LogP contribution in [0.4, 0.5) is 0 Å². The highest BCUT2D eigenvalue weighted by atomic mass is 79.9. The lowest BCUT2D eigenvalue weighted by Crippen LogP contribution is -2.35. The van der Waals surface area contributed by atoms with E-state index in [0.717, 1.165) is 10.0 Å². The highest BCUT2D eigenvalue weighted by molar-refractivity contribution is 9.10. The second-order valence-electron chi connectivity index (χ2n) is 4.06. The first-order valence-electron chi connectivity index (χ1n) is 5.38. The van der Waals surface area contributed by atoms with Gasteiger partial charge in [0.1, 0.15) is 0 Å². The standard InChI is InChI=1S/C13H15BrN2O/c1-9-5-4-6-11(12(9)14)13(17)16(3)10(2)7-8-15/h4-6,10H,7H2,1-3H3. The number of nitriles is 1. The third kappa shape index (κ3) is 3.07. The zero-order chi connectivity index (χ0) is 13.0. The van der Waals surface area contributed by atoms with Crippen molar-refractivity contribution in [1.29, 1.82) is 5.26 Å². The number of hydrogen-bond donors (Lipinski definition) is 0. The van der Waals surface area contributed by atoms with Gasteiger partial charge in [-0.1, -0.05) is 12.1 Å². The fourth-order valence-corrected chi connectivity index (χ4v) is 1.91. The Morgan fingerprint density at radius 1 is 1.59 bits per heavy atom. The van der Waals surface area contributed by atoms with E-state index >= 15 is 0 Å². The number of halogens is 1. The lowest BCUT2D eigenvalue weighted by molar-refractivity contribution is 0.0745. The maximum atomic E-state index is 12.2. The van der Waals surface area contributed by atoms with E-state index in [9.17, 15) is 4.79 Å². The molecule has 0 aliphatic heterocycles. The summed E-state index contributed by atoms with van der Waals surface area (Å²) in [5.74, 6) is -0.0664. The van der Waals surface area contributed by atoms with Gasteiger partial charge in [-0.25, -0.2) is 0 Å². The van der Waals surface area contributed by atoms with Crippen molar-refractivity contribution in [2.45, 2.75) is 26.3 Å². The van der Waals surface area contributed by atoms with Crippen LogP contribution >= 0.6 is 15.9 Å². The molecule has 1 aromatic carbocycles. The molecule has 1 amide bonds. The van der Waals surface area contributed by atoms with Crippen molar-refractivity contribution in [3.63, 3.8) is 0 Å². The fraction of sp³-hybridized carbons (Fsp3) is 0.385. The SMILES string of the molecule is Cc1cccc(C(=O)N(C)C(C)CC#N)c1Br. The first-order valence-corrected chi connectivity index (χ1v) is 6.17. The fourth-order valence-electron chi connectivity index (χ4n) is 1.47. The number of amides is 1. The van der Waals surface area contributed by atoms with Gasteiger partial charge in [-0.05, 0) is 41.4 Å². The van der Waals surface area contributed by atoms with E-state index in [-0.39, 0.29) is 11.9 Å². The number of hydrogen-bond acceptors (Lipinski definition) is 2. The molecule has 0 N–H and O–H groups in total. The van der Waals surface area contributed by atoms with Crippen molar-refractivity contribution in [3.8, 4) is 6.07 Å². The molecule has 0 heterocycles. The second kappa shape index (κ2) is 5.83. The van der Waals surface area contributed by atoms with Gasteiger partial charge in [0.05, 0.1) is 18.1 Å². The van der Waals surface area contributed by atoms with Gasteiger partial charge in [0.15, 0.2) is 0 Å². The van der Waals surface area contributed by atoms with Crippen LogP contribution in [0.2, 0.25) is 0 Å². The molecule has 1 aromatic rings. The van der Waals surface area contributed by atoms with Crippen molar-refractivity contribution >= 4 is 21.8 Å². The number of carbonyl (C=O) groups excluding carboxylic acids is 1. The molecule has 0 aliphatic rings. The summed E-state index contributed by atoms with van der Waals surface area (Å²) in [7, 11) is 1.72. The predicted octanol–water partition coefficient (Wildman–Crippen LogP) is 3.13. The quantitative estimate of drug-likeness (QED) is 0.860. The van der Waals surface area contributed by atoms with Gasteiger partial charge >= 0.3 is 0 Å². The third-order valence-electron chi connectivity index (χ3n) is 2.79. The Kier molecular flexibility index (Phi) is 4.71. The molecule has 1 unspecified atom stereocenters. The van der Waals surface area contributed by atoms with Crippen LogP contribution in [-0.2, 0) is 0 Å². The van der Waals surface area contributed by atoms with E-state index in [1.165, 1.54) is 0 Å². The van der Waals surface area contributed by atoms with E-state index in [1.807, 2.05) is 26.0 Å². The molecule has 0 aromatic heterocycles. The van der Waals surface area contributed by atoms with Crippen molar-refractivity contribution < 1.29 is 4.79 Å². The number of aryl methyl sites for hydroxylation is 1. The first kappa shape index (κ1) is 13.7. The summed E-state index contributed by atoms with van der Waals surface area (Å²) in [4.78, 5) is 13.8. The normalized spacial score (nSPS) is 11.7. The smallest absolute Gasteiger partial charge is 0.255 e. The second-order valence-corrected chi connectivity index (χ2v) is 4.86. The lowest BCUT2D eigenvalue weighted by atomic mass is 10.1. The molecule has 0 aliphatic carbocycles. The summed E-state index contributed by atoms with van der Waals surface area (Å²) in [5, 5.41) is 8.64. The Bertz CT molecular complexity index is 465. The average Bonchev–Trinajstić information content (AvgIpc) is 2.31. The molecule has 1 atom stereocenters. The minimum Gasteiger partial charge on any atom is -0.338 e. The van der Waals surface area contributed by atoms with Crippen LogP contribution in [0.15, 0.2) is 22.7 Å². The minimum atomic E-state index is -0.0834. The van der Waals surface area contributed by atoms with Crippen LogP contribution < -0.4 is 0 Å². The molecule has 0 radical (unpaired) electrons. The summed E-state index contributed by atoms with van der Waals surface area (Å²) >= 11 is 3.42. The van der Waals surface area contributed by atoms with Gasteiger partial charge in [0.2, 0.25) is 0 Å². The number of nitrogens with zero attached hydrogens (tertiary/aromatic N) is 2. The molecule has 1 rings (SSSR count). The molecule has 0 saturated heterocycles. The van der Waals surface area contributed by atoms with Gasteiger partial charge < -0.3 is 4.90 Å². The number of benzene rings is 1. The minimum absolute atomic E-state index is 0.0664. The van der Waals surface area contributed by atoms with Crippen LogP contribution in [0.3, 0.4) is 0 Å². The van der Waals surface area contributed by atoms with E-state index in [0.29, 0.717) is 12.0 Å². The van der Waals surface area contributed by atoms with Crippen molar-refractivity contribution in [1.82, 2.24) is 4.90 Å². The molecule has 0 spiro atoms. The highest BCUT2D eigenvalue weighted by Gasteiger charge is 2.19. The highest BCUT2D eigenvalue weighted by Crippen LogP contribution is 2.22. The van der Waals surface area contributed by atoms with Gasteiger partial charge in [-0.15, -0.1) is 0 Å². The Hall–Kier alpha value is -1.34. The largest absolute Gasteiger partial charge is 0.338 e. The third-order valence-corrected chi connectivity index (χ3v) is 3.84. The lowest BCUT2D eigenvalue weighted by Gasteiger charge is -2.23. The van der Waals surface area contributed by atoms with Crippen molar-refractivity contribution in [2.75, 3.05) is 7.05 Å². The van der Waals surface area contributed by atoms with Crippen LogP contribution in [0.1, 0.15) is 29.3 Å². The Labute approximate surface area is 110 Å². The monoisotopic (exact) mass is 294 g/mol. The molecule has 3 nitrogen and oxygen atoms in total. The molecule has 0 bridgehead atoms. The topological polar surface area (TPSA) is 44.1 Å². The summed E-state index contributed by atoms with van der Waals surface area (Å²) in [6, 6.07) is 7.58. The van der Waals surface area contributed by atoms with Crippen molar-refractivity contribution in [3.05, 3.63) is 33.8 Å². The molecule has 90 valence electrons. The molecule has 4 heteroatoms. The maximum Gasteiger partial charge on any atom is 0.255 e. The van der Waals surface area contributed by atoms with E-state index in [1.54, 1.807) is 18.0 Å². The zero-order valence-electron chi connectivity index (χ0n) is 10.2. The van der Waals surface area contributed by atoms with Crippen LogP contribution in [-0.4, -0.2) is 23.9 Å². The number of rotatable bonds is 3. The summed E-state index contributed by atoms with van der Waals surface area (Å²) in [6.45, 7) is 3.81. The zero-order valence-corrected chi connectivity index (χ0v) is 11.8. The van der Waals surface area contributed by atoms with Crippen LogP contribution in [0, 0.1) is 18.3 Å². The Morgan fingerprint density at radius 2 is 2.24 bits per heavy atom. The Balaban J connectivity index is 2.97. The van der Waals surface area contributed by atoms with Crippen LogP contribution in [0.25, 0.3) is 0 Å². The van der Waals surface area contributed by atoms with Gasteiger partial charge in [0.25, 0.3) is 5.91 Å². The van der Waals surface area contributed by atoms with Gasteiger partial charge in [-0.3, -0.25) is 4.79 Å². The first-order chi connectivity index (χ1) is 7.99. The van der Waals surface area contributed by atoms with E-state index < -0.39 is 0 Å². The van der Waals surface area contributed by atoms with Crippen LogP contribution in [0.5, 0.6) is 0 Å². The summed E-state index contributed by atoms with van der Waals surface area (Å²) in [5.41, 5.74) is 1.66. The summed E-state index contributed by atoms with van der Waals surface area (Å²) < 4.78 is 0.820. The molecular weight excluding hydrogens is 280 g/mol. The molecular formula is C13H15BrN2O. The molecule has 0 saturated carbocycles. The molecule has 17 heavy (non-hydrogen) atoms. The Morgan fingerprint density at radius 3 is 2.82 bits per heavy atom. The molecule has 0 fully saturated rings. The number of carbonyl (C=O) groups is 1. The van der Waals surface area contributed by atoms with Gasteiger partial charge in [-0.2, -0.15) is 5.26 Å². The van der Waals surface area contributed by atoms with E-state index in [2.05, 4.69) is 22.0 Å². The average molecular weight is 295 g/mol. The maximum absolute atomic E-state index is 12.2. The van der Waals surface area contributed by atoms with Crippen molar-refractivity contribution in [2.24, 2.45) is 0 Å².